The minimum Gasteiger partial charge on any atom is -0.309 e. The Morgan fingerprint density at radius 1 is 1.04 bits per heavy atom. The summed E-state index contributed by atoms with van der Waals surface area (Å²) in [6.45, 7) is 13.0. The fraction of sp³-hybridized carbons (Fsp3) is 0.295. The number of rotatable bonds is 13. The Labute approximate surface area is 281 Å². The molecule has 3 aliphatic carbocycles. The van der Waals surface area contributed by atoms with Gasteiger partial charge in [0.15, 0.2) is 0 Å². The summed E-state index contributed by atoms with van der Waals surface area (Å²) in [5.74, 6) is 0. The minimum atomic E-state index is -0.265. The van der Waals surface area contributed by atoms with Crippen molar-refractivity contribution in [1.29, 1.82) is 5.41 Å². The van der Waals surface area contributed by atoms with E-state index in [1.807, 2.05) is 23.5 Å². The van der Waals surface area contributed by atoms with Gasteiger partial charge < -0.3 is 5.41 Å². The summed E-state index contributed by atoms with van der Waals surface area (Å²) in [5.41, 5.74) is 13.4. The van der Waals surface area contributed by atoms with Gasteiger partial charge in [-0.3, -0.25) is 0 Å². The molecule has 5 rings (SSSR count). The number of allylic oxidation sites excluding steroid dienone is 18. The Morgan fingerprint density at radius 2 is 1.91 bits per heavy atom. The second-order valence-electron chi connectivity index (χ2n) is 12.3. The van der Waals surface area contributed by atoms with E-state index in [0.29, 0.717) is 0 Å². The van der Waals surface area contributed by atoms with Gasteiger partial charge in [-0.1, -0.05) is 111 Å². The van der Waals surface area contributed by atoms with Crippen LogP contribution in [0.4, 0.5) is 0 Å². The summed E-state index contributed by atoms with van der Waals surface area (Å²) in [7, 11) is 0. The molecule has 0 aliphatic heterocycles. The van der Waals surface area contributed by atoms with Crippen LogP contribution in [0.15, 0.2) is 120 Å². The van der Waals surface area contributed by atoms with E-state index in [0.717, 1.165) is 56.9 Å². The average Bonchev–Trinajstić information content (AvgIpc) is 3.58. The first kappa shape index (κ1) is 33.4. The maximum absolute atomic E-state index is 7.99. The van der Waals surface area contributed by atoms with Crippen molar-refractivity contribution in [2.45, 2.75) is 84.5 Å². The van der Waals surface area contributed by atoms with Crippen molar-refractivity contribution in [2.24, 2.45) is 0 Å². The monoisotopic (exact) mass is 623 g/mol. The van der Waals surface area contributed by atoms with Gasteiger partial charge >= 0.3 is 0 Å². The number of benzene rings is 1. The topological polar surface area (TPSA) is 23.9 Å². The Hall–Kier alpha value is -4.01. The predicted octanol–water partition coefficient (Wildman–Crippen LogP) is 12.4. The third kappa shape index (κ3) is 6.46. The molecule has 1 atom stereocenters. The Kier molecular flexibility index (Phi) is 11.3. The molecule has 2 heteroatoms. The van der Waals surface area contributed by atoms with E-state index in [1.165, 1.54) is 61.2 Å². The van der Waals surface area contributed by atoms with Crippen LogP contribution in [0, 0.1) is 5.41 Å². The highest BCUT2D eigenvalue weighted by atomic mass is 32.1. The number of fused-ring (bicyclic) bond motifs is 3. The van der Waals surface area contributed by atoms with Crippen molar-refractivity contribution in [3.05, 3.63) is 158 Å². The summed E-state index contributed by atoms with van der Waals surface area (Å²) in [4.78, 5) is 3.04. The Balaban J connectivity index is 1.45. The van der Waals surface area contributed by atoms with E-state index < -0.39 is 0 Å². The van der Waals surface area contributed by atoms with Crippen molar-refractivity contribution < 1.29 is 0 Å². The van der Waals surface area contributed by atoms with Crippen LogP contribution in [-0.4, -0.2) is 6.21 Å². The minimum absolute atomic E-state index is 0.265. The largest absolute Gasteiger partial charge is 0.309 e. The van der Waals surface area contributed by atoms with E-state index in [-0.39, 0.29) is 5.41 Å². The second-order valence-corrected chi connectivity index (χ2v) is 13.5. The third-order valence-corrected chi connectivity index (χ3v) is 11.0. The van der Waals surface area contributed by atoms with Crippen LogP contribution in [0.5, 0.6) is 0 Å². The molecule has 1 N–H and O–H groups in total. The summed E-state index contributed by atoms with van der Waals surface area (Å²) in [5, 5.41) is 7.99. The third-order valence-electron chi connectivity index (χ3n) is 9.62. The smallest absolute Gasteiger partial charge is 0.0429 e. The first-order valence-electron chi connectivity index (χ1n) is 17.0. The number of hydrogen-bond acceptors (Lipinski definition) is 2. The predicted molar refractivity (Wildman–Crippen MR) is 205 cm³/mol. The molecule has 2 aromatic rings. The van der Waals surface area contributed by atoms with Gasteiger partial charge in [0, 0.05) is 26.9 Å². The fourth-order valence-corrected chi connectivity index (χ4v) is 8.85. The van der Waals surface area contributed by atoms with Gasteiger partial charge in [-0.25, -0.2) is 0 Å². The highest BCUT2D eigenvalue weighted by Crippen LogP contribution is 2.56. The maximum atomic E-state index is 7.99. The van der Waals surface area contributed by atoms with E-state index >= 15 is 0 Å². The fourth-order valence-electron chi connectivity index (χ4n) is 7.58. The molecule has 0 saturated heterocycles. The lowest BCUT2D eigenvalue weighted by Gasteiger charge is -2.36. The Morgan fingerprint density at radius 3 is 2.67 bits per heavy atom. The quantitative estimate of drug-likeness (QED) is 0.170. The van der Waals surface area contributed by atoms with Crippen LogP contribution in [0.25, 0.3) is 17.2 Å². The molecule has 0 bridgehead atoms. The van der Waals surface area contributed by atoms with Crippen LogP contribution >= 0.6 is 11.3 Å². The molecule has 1 aromatic carbocycles. The highest BCUT2D eigenvalue weighted by molar-refractivity contribution is 7.12. The van der Waals surface area contributed by atoms with Crippen LogP contribution in [0.1, 0.15) is 97.4 Å². The number of aryl methyl sites for hydroxylation is 2. The SMILES string of the molecule is C=C/C(=C\C=N)C1(CC/C=C\C=C/C)C2=C(C=CCC2)c2ccc(C/C=C\C=C(/C)C3=CCCc4sc(CC)c(/C=C\C)c43)cc21. The first-order valence-corrected chi connectivity index (χ1v) is 17.8. The molecule has 1 aromatic heterocycles. The summed E-state index contributed by atoms with van der Waals surface area (Å²) in [6, 6.07) is 7.09. The molecule has 0 saturated carbocycles. The molecular weight excluding hydrogens is 575 g/mol. The molecule has 1 unspecified atom stereocenters. The van der Waals surface area contributed by atoms with Gasteiger partial charge in [0.1, 0.15) is 0 Å². The number of thiophene rings is 1. The first-order chi connectivity index (χ1) is 22.5. The standard InChI is InChI=1S/C44H49NS/c1-6-10-11-12-17-29-44(34(8-3)28-30-45)39-24-16-15-22-36(39)37-27-26-33(31-40(37)44)21-14-13-20-32(5)35-23-18-25-42-43(35)38(19-7-2)41(9-4)46-42/h6-8,10-15,19-20,22-23,26-28,30-31,45H,3,9,16-18,21,24-25,29H2,1-2,4-5H3/b10-6-,12-11-,14-13-,19-7-,32-20+,34-28+,45-30?. The Bertz CT molecular complexity index is 1750. The van der Waals surface area contributed by atoms with Crippen LogP contribution < -0.4 is 0 Å². The molecule has 0 amide bonds. The van der Waals surface area contributed by atoms with Crippen LogP contribution in [0.3, 0.4) is 0 Å². The zero-order chi connectivity index (χ0) is 32.5. The lowest BCUT2D eigenvalue weighted by molar-refractivity contribution is 0.543. The normalized spacial score (nSPS) is 19.9. The van der Waals surface area contributed by atoms with Gasteiger partial charge in [-0.05, 0) is 128 Å². The van der Waals surface area contributed by atoms with Crippen molar-refractivity contribution >= 4 is 34.8 Å². The van der Waals surface area contributed by atoms with Crippen molar-refractivity contribution in [1.82, 2.24) is 0 Å². The van der Waals surface area contributed by atoms with Gasteiger partial charge in [0.05, 0.1) is 0 Å². The molecule has 3 aliphatic rings. The van der Waals surface area contributed by atoms with Gasteiger partial charge in [0.25, 0.3) is 0 Å². The van der Waals surface area contributed by atoms with Crippen LogP contribution in [-0.2, 0) is 24.7 Å². The number of hydrogen-bond donors (Lipinski definition) is 1. The lowest BCUT2D eigenvalue weighted by Crippen LogP contribution is -2.29. The van der Waals surface area contributed by atoms with Gasteiger partial charge in [-0.15, -0.1) is 11.3 Å². The zero-order valence-electron chi connectivity index (χ0n) is 28.2. The van der Waals surface area contributed by atoms with E-state index in [1.54, 1.807) is 4.88 Å². The maximum Gasteiger partial charge on any atom is 0.0429 e. The molecule has 46 heavy (non-hydrogen) atoms. The molecule has 0 radical (unpaired) electrons. The van der Waals surface area contributed by atoms with Crippen LogP contribution in [0.2, 0.25) is 0 Å². The van der Waals surface area contributed by atoms with Crippen molar-refractivity contribution in [3.63, 3.8) is 0 Å². The molecule has 236 valence electrons. The average molecular weight is 624 g/mol. The molecule has 1 heterocycles. The summed E-state index contributed by atoms with van der Waals surface area (Å²) >= 11 is 2.01. The van der Waals surface area contributed by atoms with Gasteiger partial charge in [-0.2, -0.15) is 0 Å². The lowest BCUT2D eigenvalue weighted by atomic mass is 9.66. The molecular formula is C44H49NS. The van der Waals surface area contributed by atoms with Gasteiger partial charge in [0.2, 0.25) is 0 Å². The molecule has 0 spiro atoms. The van der Waals surface area contributed by atoms with Crippen molar-refractivity contribution in [2.75, 3.05) is 0 Å². The molecule has 0 fully saturated rings. The van der Waals surface area contributed by atoms with E-state index in [4.69, 9.17) is 5.41 Å². The van der Waals surface area contributed by atoms with Crippen molar-refractivity contribution in [3.8, 4) is 0 Å². The molecule has 1 nitrogen and oxygen atoms in total. The zero-order valence-corrected chi connectivity index (χ0v) is 29.0. The highest BCUT2D eigenvalue weighted by Gasteiger charge is 2.45. The van der Waals surface area contributed by atoms with E-state index in [2.05, 4.69) is 125 Å². The second kappa shape index (κ2) is 15.5. The van der Waals surface area contributed by atoms with E-state index in [9.17, 15) is 0 Å². The number of nitrogens with one attached hydrogen (secondary N) is 1. The summed E-state index contributed by atoms with van der Waals surface area (Å²) in [6.07, 6.45) is 40.6. The summed E-state index contributed by atoms with van der Waals surface area (Å²) < 4.78 is 0.